The zero-order valence-corrected chi connectivity index (χ0v) is 19.1. The van der Waals surface area contributed by atoms with Crippen molar-refractivity contribution in [1.29, 1.82) is 0 Å². The van der Waals surface area contributed by atoms with Gasteiger partial charge in [-0.2, -0.15) is 0 Å². The smallest absolute Gasteiger partial charge is 0.269 e. The molecule has 8 heteroatoms. The third kappa shape index (κ3) is 4.26. The quantitative estimate of drug-likeness (QED) is 0.533. The molecule has 1 saturated carbocycles. The van der Waals surface area contributed by atoms with E-state index < -0.39 is 0 Å². The van der Waals surface area contributed by atoms with Crippen molar-refractivity contribution in [3.05, 3.63) is 56.3 Å². The molecule has 0 unspecified atom stereocenters. The van der Waals surface area contributed by atoms with Crippen LogP contribution in [0.15, 0.2) is 35.7 Å². The molecule has 0 bridgehead atoms. The average Bonchev–Trinajstić information content (AvgIpc) is 3.52. The molecule has 1 aliphatic carbocycles. The van der Waals surface area contributed by atoms with Gasteiger partial charge in [0.2, 0.25) is 5.91 Å². The fourth-order valence-corrected chi connectivity index (χ4v) is 6.45. The maximum absolute atomic E-state index is 13.4. The molecule has 1 aromatic carbocycles. The molecule has 3 aliphatic rings. The fourth-order valence-electron chi connectivity index (χ4n) is 5.74. The Bertz CT molecular complexity index is 974. The first-order valence-electron chi connectivity index (χ1n) is 11.7. The minimum absolute atomic E-state index is 0.0713. The number of carbonyl (C=O) groups excluding carboxylic acids is 1. The topological polar surface area (TPSA) is 78.7 Å². The molecule has 32 heavy (non-hydrogen) atoms. The van der Waals surface area contributed by atoms with Crippen LogP contribution in [-0.4, -0.2) is 54.0 Å². The third-order valence-corrected chi connectivity index (χ3v) is 8.30. The number of anilines is 1. The number of hydrogen-bond acceptors (Lipinski definition) is 6. The number of nitrogens with zero attached hydrogens (tertiary/aromatic N) is 3. The predicted octanol–water partition coefficient (Wildman–Crippen LogP) is 3.62. The normalized spacial score (nSPS) is 23.6. The second-order valence-corrected chi connectivity index (χ2v) is 10.2. The zero-order chi connectivity index (χ0) is 22.1. The van der Waals surface area contributed by atoms with Gasteiger partial charge in [-0.25, -0.2) is 0 Å². The molecule has 2 atom stereocenters. The summed E-state index contributed by atoms with van der Waals surface area (Å²) in [7, 11) is 0. The summed E-state index contributed by atoms with van der Waals surface area (Å²) in [5, 5.41) is 16.6. The summed E-state index contributed by atoms with van der Waals surface area (Å²) in [5.41, 5.74) is 2.08. The first-order chi connectivity index (χ1) is 15.6. The first kappa shape index (κ1) is 21.4. The van der Waals surface area contributed by atoms with E-state index in [1.165, 1.54) is 30.6 Å². The van der Waals surface area contributed by atoms with Crippen molar-refractivity contribution < 1.29 is 9.72 Å². The van der Waals surface area contributed by atoms with E-state index in [1.54, 1.807) is 23.5 Å². The summed E-state index contributed by atoms with van der Waals surface area (Å²) in [4.78, 5) is 30.5. The lowest BCUT2D eigenvalue weighted by Crippen LogP contribution is -2.62. The highest BCUT2D eigenvalue weighted by Gasteiger charge is 2.43. The summed E-state index contributed by atoms with van der Waals surface area (Å²) >= 11 is 1.71. The first-order valence-corrected chi connectivity index (χ1v) is 12.6. The van der Waals surface area contributed by atoms with Crippen LogP contribution in [0.3, 0.4) is 0 Å². The second kappa shape index (κ2) is 9.19. The van der Waals surface area contributed by atoms with E-state index >= 15 is 0 Å². The van der Waals surface area contributed by atoms with Gasteiger partial charge in [0.15, 0.2) is 0 Å². The molecule has 3 heterocycles. The Hall–Kier alpha value is -2.45. The molecule has 2 aromatic rings. The van der Waals surface area contributed by atoms with Crippen LogP contribution >= 0.6 is 11.3 Å². The Morgan fingerprint density at radius 2 is 2.06 bits per heavy atom. The largest absolute Gasteiger partial charge is 0.365 e. The fraction of sp³-hybridized carbons (Fsp3) is 0.542. The maximum Gasteiger partial charge on any atom is 0.269 e. The van der Waals surface area contributed by atoms with Crippen LogP contribution in [0.5, 0.6) is 0 Å². The average molecular weight is 455 g/mol. The minimum atomic E-state index is -0.347. The lowest BCUT2D eigenvalue weighted by atomic mass is 9.82. The van der Waals surface area contributed by atoms with Crippen LogP contribution in [0.1, 0.15) is 36.1 Å². The number of benzene rings is 1. The van der Waals surface area contributed by atoms with E-state index in [0.717, 1.165) is 37.3 Å². The van der Waals surface area contributed by atoms with Crippen LogP contribution in [0.25, 0.3) is 0 Å². The molecule has 1 saturated heterocycles. The Kier molecular flexibility index (Phi) is 6.15. The monoisotopic (exact) mass is 454 g/mol. The van der Waals surface area contributed by atoms with Gasteiger partial charge in [-0.15, -0.1) is 11.3 Å². The Labute approximate surface area is 192 Å². The van der Waals surface area contributed by atoms with E-state index in [1.807, 2.05) is 12.1 Å². The number of fused-ring (bicyclic) bond motifs is 3. The van der Waals surface area contributed by atoms with E-state index in [2.05, 4.69) is 26.6 Å². The number of rotatable bonds is 6. The molecule has 1 N–H and O–H groups in total. The number of nitro benzene ring substituents is 1. The molecule has 1 aromatic heterocycles. The van der Waals surface area contributed by atoms with Gasteiger partial charge in [0.05, 0.1) is 16.9 Å². The lowest BCUT2D eigenvalue weighted by molar-refractivity contribution is -0.384. The van der Waals surface area contributed by atoms with Gasteiger partial charge in [0.25, 0.3) is 5.69 Å². The number of carbonyl (C=O) groups is 1. The number of nitro groups is 1. The minimum Gasteiger partial charge on any atom is -0.365 e. The molecule has 0 radical (unpaired) electrons. The SMILES string of the molecule is O=C(NCCc1cccs1)[C@@H]1Cc2cc([N+](=O)[O-])ccc2N2CCN(C3CCCC3)C[C@H]12. The van der Waals surface area contributed by atoms with Crippen LogP contribution < -0.4 is 10.2 Å². The van der Waals surface area contributed by atoms with Crippen LogP contribution in [0, 0.1) is 16.0 Å². The standard InChI is InChI=1S/C24H30N4O3S/c29-24(25-10-9-20-6-3-13-32-20)21-15-17-14-19(28(30)31)7-8-22(17)27-12-11-26(16-23(21)27)18-4-1-2-5-18/h3,6-8,13-14,18,21,23H,1-2,4-5,9-12,15-16H2,(H,25,29)/t21-,23-/m1/s1. The molecule has 5 rings (SSSR count). The highest BCUT2D eigenvalue weighted by atomic mass is 32.1. The highest BCUT2D eigenvalue weighted by Crippen LogP contribution is 2.39. The van der Waals surface area contributed by atoms with Crippen molar-refractivity contribution in [3.8, 4) is 0 Å². The van der Waals surface area contributed by atoms with Crippen molar-refractivity contribution in [2.45, 2.75) is 50.6 Å². The van der Waals surface area contributed by atoms with E-state index in [0.29, 0.717) is 19.0 Å². The second-order valence-electron chi connectivity index (χ2n) is 9.20. The van der Waals surface area contributed by atoms with Gasteiger partial charge in [0, 0.05) is 54.9 Å². The van der Waals surface area contributed by atoms with Crippen LogP contribution in [0.4, 0.5) is 11.4 Å². The van der Waals surface area contributed by atoms with E-state index in [4.69, 9.17) is 0 Å². The molecule has 0 spiro atoms. The van der Waals surface area contributed by atoms with Gasteiger partial charge in [0.1, 0.15) is 0 Å². The number of piperazine rings is 1. The Morgan fingerprint density at radius 1 is 1.22 bits per heavy atom. The Morgan fingerprint density at radius 3 is 2.81 bits per heavy atom. The summed E-state index contributed by atoms with van der Waals surface area (Å²) in [5.74, 6) is -0.126. The van der Waals surface area contributed by atoms with E-state index in [9.17, 15) is 14.9 Å². The summed E-state index contributed by atoms with van der Waals surface area (Å²) in [6, 6.07) is 10.0. The van der Waals surface area contributed by atoms with Gasteiger partial charge >= 0.3 is 0 Å². The number of nitrogens with one attached hydrogen (secondary N) is 1. The van der Waals surface area contributed by atoms with Crippen molar-refractivity contribution in [1.82, 2.24) is 10.2 Å². The Balaban J connectivity index is 1.37. The summed E-state index contributed by atoms with van der Waals surface area (Å²) in [6.07, 6.45) is 6.51. The van der Waals surface area contributed by atoms with Gasteiger partial charge in [-0.3, -0.25) is 19.8 Å². The number of non-ortho nitro benzene ring substituents is 1. The molecule has 1 amide bonds. The predicted molar refractivity (Wildman–Crippen MR) is 126 cm³/mol. The lowest BCUT2D eigenvalue weighted by Gasteiger charge is -2.50. The molecular formula is C24H30N4O3S. The maximum atomic E-state index is 13.4. The van der Waals surface area contributed by atoms with Gasteiger partial charge in [-0.1, -0.05) is 18.9 Å². The van der Waals surface area contributed by atoms with Crippen LogP contribution in [0.2, 0.25) is 0 Å². The third-order valence-electron chi connectivity index (χ3n) is 7.37. The molecule has 2 fully saturated rings. The molecule has 170 valence electrons. The highest BCUT2D eigenvalue weighted by molar-refractivity contribution is 7.09. The van der Waals surface area contributed by atoms with Crippen molar-refractivity contribution in [3.63, 3.8) is 0 Å². The number of amides is 1. The molecular weight excluding hydrogens is 424 g/mol. The number of hydrogen-bond donors (Lipinski definition) is 1. The summed E-state index contributed by atoms with van der Waals surface area (Å²) < 4.78 is 0. The zero-order valence-electron chi connectivity index (χ0n) is 18.2. The van der Waals surface area contributed by atoms with E-state index in [-0.39, 0.29) is 28.5 Å². The van der Waals surface area contributed by atoms with Gasteiger partial charge < -0.3 is 10.2 Å². The van der Waals surface area contributed by atoms with Crippen LogP contribution in [-0.2, 0) is 17.6 Å². The van der Waals surface area contributed by atoms with Crippen molar-refractivity contribution >= 4 is 28.6 Å². The van der Waals surface area contributed by atoms with Crippen molar-refractivity contribution in [2.24, 2.45) is 5.92 Å². The molecule has 2 aliphatic heterocycles. The van der Waals surface area contributed by atoms with Gasteiger partial charge in [-0.05, 0) is 48.8 Å². The summed E-state index contributed by atoms with van der Waals surface area (Å²) in [6.45, 7) is 3.37. The molecule has 7 nitrogen and oxygen atoms in total. The number of thiophene rings is 1. The van der Waals surface area contributed by atoms with Crippen molar-refractivity contribution in [2.75, 3.05) is 31.1 Å².